The first-order valence-corrected chi connectivity index (χ1v) is 26.4. The predicted octanol–water partition coefficient (Wildman–Crippen LogP) is 16.8. The Bertz CT molecular complexity index is 3970. The van der Waals surface area contributed by atoms with Gasteiger partial charge in [-0.15, -0.1) is 11.3 Å². The Hall–Kier alpha value is -6.36. The maximum absolute atomic E-state index is 4.07. The Morgan fingerprint density at radius 3 is 1.93 bits per heavy atom. The highest BCUT2D eigenvalue weighted by Gasteiger charge is 2.44. The number of rotatable bonds is 3. The van der Waals surface area contributed by atoms with Crippen LogP contribution < -0.4 is 16.2 Å². The van der Waals surface area contributed by atoms with Crippen LogP contribution in [0.25, 0.3) is 81.0 Å². The highest BCUT2D eigenvalue weighted by atomic mass is 32.1. The van der Waals surface area contributed by atoms with Gasteiger partial charge in [-0.25, -0.2) is 0 Å². The van der Waals surface area contributed by atoms with E-state index in [1.165, 1.54) is 144 Å². The summed E-state index contributed by atoms with van der Waals surface area (Å²) in [4.78, 5) is 0. The lowest BCUT2D eigenvalue weighted by Crippen LogP contribution is -2.37. The summed E-state index contributed by atoms with van der Waals surface area (Å²) in [6, 6.07) is 52.4. The predicted molar refractivity (Wildman–Crippen MR) is 303 cm³/mol. The molecule has 4 aliphatic rings. The van der Waals surface area contributed by atoms with Crippen LogP contribution in [0.15, 0.2) is 133 Å². The van der Waals surface area contributed by atoms with Gasteiger partial charge in [-0.2, -0.15) is 0 Å². The van der Waals surface area contributed by atoms with E-state index in [0.29, 0.717) is 0 Å². The van der Waals surface area contributed by atoms with Gasteiger partial charge in [0.25, 0.3) is 0 Å². The molecule has 1 radical (unpaired) electrons. The normalized spacial score (nSPS) is 17.2. The SMILES string of the molecule is CC(C)(C)c1ccc(Nc2cc3c(cc2-c2ccc4c5cc6c(cc5n5c4c2[B]c2cc4sc7ccccc7c4cc2-5)-c2ccccc2C6(C)C)-c2cc4c(cc2C3(C)C)C(C)(C)CCC4(C)C)cc1. The van der Waals surface area contributed by atoms with Crippen LogP contribution in [0.3, 0.4) is 0 Å². The van der Waals surface area contributed by atoms with Crippen molar-refractivity contribution in [3.8, 4) is 39.1 Å². The summed E-state index contributed by atoms with van der Waals surface area (Å²) in [5.74, 6) is 0. The molecule has 2 aromatic heterocycles. The van der Waals surface area contributed by atoms with E-state index >= 15 is 0 Å². The first-order valence-electron chi connectivity index (χ1n) is 25.6. The molecule has 0 amide bonds. The van der Waals surface area contributed by atoms with Crippen LogP contribution in [0.2, 0.25) is 0 Å². The molecular weight excluding hydrogens is 864 g/mol. The lowest BCUT2D eigenvalue weighted by molar-refractivity contribution is 0.331. The smallest absolute Gasteiger partial charge is 0.197 e. The van der Waals surface area contributed by atoms with E-state index in [1.54, 1.807) is 0 Å². The van der Waals surface area contributed by atoms with E-state index in [1.807, 2.05) is 11.3 Å². The number of fused-ring (bicyclic) bond motifs is 15. The minimum absolute atomic E-state index is 0.0682. The Kier molecular flexibility index (Phi) is 8.34. The van der Waals surface area contributed by atoms with Gasteiger partial charge < -0.3 is 9.88 Å². The second kappa shape index (κ2) is 13.7. The number of thiophene rings is 1. The molecule has 0 saturated heterocycles. The molecule has 1 N–H and O–H groups in total. The fourth-order valence-electron chi connectivity index (χ4n) is 13.6. The summed E-state index contributed by atoms with van der Waals surface area (Å²) < 4.78 is 5.30. The van der Waals surface area contributed by atoms with Crippen molar-refractivity contribution in [1.29, 1.82) is 0 Å². The summed E-state index contributed by atoms with van der Waals surface area (Å²) in [7, 11) is 2.52. The molecule has 0 fully saturated rings. The average Bonchev–Trinajstić information content (AvgIpc) is 3.99. The fraction of sp³-hybridized carbons (Fsp3) is 0.273. The van der Waals surface area contributed by atoms with Gasteiger partial charge in [0.1, 0.15) is 0 Å². The summed E-state index contributed by atoms with van der Waals surface area (Å²) in [5.41, 5.74) is 26.6. The van der Waals surface area contributed by atoms with Crippen LogP contribution in [0.4, 0.5) is 11.4 Å². The topological polar surface area (TPSA) is 17.0 Å². The van der Waals surface area contributed by atoms with Crippen molar-refractivity contribution in [2.45, 2.75) is 116 Å². The van der Waals surface area contributed by atoms with Crippen LogP contribution in [-0.4, -0.2) is 11.8 Å². The monoisotopic (exact) mass is 923 g/mol. The Morgan fingerprint density at radius 2 is 1.16 bits per heavy atom. The van der Waals surface area contributed by atoms with Crippen LogP contribution in [0, 0.1) is 0 Å². The zero-order valence-electron chi connectivity index (χ0n) is 42.5. The van der Waals surface area contributed by atoms with E-state index in [9.17, 15) is 0 Å². The zero-order valence-corrected chi connectivity index (χ0v) is 43.4. The van der Waals surface area contributed by atoms with Gasteiger partial charge in [0.15, 0.2) is 7.28 Å². The standard InChI is InChI=1S/C66H60BN2S/c1-62(2,3)36-20-22-37(23-21-36)68-55-34-51-42(43-29-52-53(33-50(43)66(51,10)11)64(6,7)27-26-63(52,4)5)28-45(55)40-24-25-41-46-30-49-44(38-16-12-14-18-48(38)65(49,8)9)31-56(46)69-57-32-47-39-17-13-15-19-58(39)70-59(47)35-54(57)67-60(40)61(41)69/h12-25,28-35,68H,26-27H2,1-11H3. The molecule has 8 aromatic carbocycles. The number of benzene rings is 8. The highest BCUT2D eigenvalue weighted by Crippen LogP contribution is 2.57. The van der Waals surface area contributed by atoms with Gasteiger partial charge >= 0.3 is 0 Å². The van der Waals surface area contributed by atoms with Gasteiger partial charge in [0, 0.05) is 69.9 Å². The molecule has 2 nitrogen and oxygen atoms in total. The number of aromatic nitrogens is 1. The van der Waals surface area contributed by atoms with E-state index in [-0.39, 0.29) is 27.1 Å². The molecule has 0 bridgehead atoms. The average molecular weight is 924 g/mol. The van der Waals surface area contributed by atoms with Crippen LogP contribution in [-0.2, 0) is 27.1 Å². The number of nitrogens with zero attached hydrogens (tertiary/aromatic N) is 1. The molecule has 70 heavy (non-hydrogen) atoms. The zero-order chi connectivity index (χ0) is 48.2. The van der Waals surface area contributed by atoms with Crippen molar-refractivity contribution in [3.05, 3.63) is 172 Å². The van der Waals surface area contributed by atoms with Gasteiger partial charge in [0.05, 0.1) is 5.52 Å². The number of anilines is 2. The Morgan fingerprint density at radius 1 is 0.500 bits per heavy atom. The second-order valence-electron chi connectivity index (χ2n) is 24.7. The van der Waals surface area contributed by atoms with E-state index in [2.05, 4.69) is 227 Å². The van der Waals surface area contributed by atoms with Crippen molar-refractivity contribution in [2.24, 2.45) is 0 Å². The summed E-state index contributed by atoms with van der Waals surface area (Å²) in [5, 5.41) is 9.35. The highest BCUT2D eigenvalue weighted by molar-refractivity contribution is 7.26. The van der Waals surface area contributed by atoms with Crippen molar-refractivity contribution in [1.82, 2.24) is 4.57 Å². The molecule has 0 spiro atoms. The van der Waals surface area contributed by atoms with E-state index in [0.717, 1.165) is 11.4 Å². The van der Waals surface area contributed by atoms with Gasteiger partial charge in [-0.05, 0) is 162 Å². The van der Waals surface area contributed by atoms with E-state index in [4.69, 9.17) is 0 Å². The molecule has 14 rings (SSSR count). The molecule has 3 aliphatic carbocycles. The van der Waals surface area contributed by atoms with Crippen molar-refractivity contribution in [2.75, 3.05) is 5.32 Å². The maximum Gasteiger partial charge on any atom is 0.197 e. The summed E-state index contributed by atoms with van der Waals surface area (Å²) in [6.07, 6.45) is 2.40. The fourth-order valence-corrected chi connectivity index (χ4v) is 14.7. The van der Waals surface area contributed by atoms with Crippen LogP contribution in [0.5, 0.6) is 0 Å². The molecule has 343 valence electrons. The first kappa shape index (κ1) is 42.5. The molecule has 1 aliphatic heterocycles. The van der Waals surface area contributed by atoms with E-state index < -0.39 is 0 Å². The first-order chi connectivity index (χ1) is 33.3. The molecule has 0 saturated carbocycles. The Labute approximate surface area is 418 Å². The number of hydrogen-bond acceptors (Lipinski definition) is 2. The van der Waals surface area contributed by atoms with Crippen molar-refractivity contribution < 1.29 is 0 Å². The number of hydrogen-bond donors (Lipinski definition) is 1. The molecule has 3 heterocycles. The maximum atomic E-state index is 4.07. The molecular formula is C66H60BN2S. The van der Waals surface area contributed by atoms with Gasteiger partial charge in [-0.3, -0.25) is 0 Å². The molecule has 4 heteroatoms. The van der Waals surface area contributed by atoms with Crippen LogP contribution in [0.1, 0.15) is 128 Å². The summed E-state index contributed by atoms with van der Waals surface area (Å²) in [6.45, 7) is 26.5. The van der Waals surface area contributed by atoms with Crippen LogP contribution >= 0.6 is 11.3 Å². The second-order valence-corrected chi connectivity index (χ2v) is 25.8. The summed E-state index contributed by atoms with van der Waals surface area (Å²) >= 11 is 1.91. The quantitative estimate of drug-likeness (QED) is 0.175. The molecule has 10 aromatic rings. The minimum Gasteiger partial charge on any atom is -0.355 e. The third-order valence-corrected chi connectivity index (χ3v) is 19.0. The van der Waals surface area contributed by atoms with Crippen molar-refractivity contribution in [3.63, 3.8) is 0 Å². The largest absolute Gasteiger partial charge is 0.355 e. The van der Waals surface area contributed by atoms with Gasteiger partial charge in [-0.1, -0.05) is 154 Å². The lowest BCUT2D eigenvalue weighted by Gasteiger charge is -2.42. The molecule has 0 atom stereocenters. The number of nitrogens with one attached hydrogen (secondary N) is 1. The Balaban J connectivity index is 1.06. The molecule has 0 unspecified atom stereocenters. The van der Waals surface area contributed by atoms with Crippen molar-refractivity contribution >= 4 is 82.9 Å². The third-order valence-electron chi connectivity index (χ3n) is 17.8. The third kappa shape index (κ3) is 5.69. The van der Waals surface area contributed by atoms with Gasteiger partial charge in [0.2, 0.25) is 0 Å². The minimum atomic E-state index is -0.180. The lowest BCUT2D eigenvalue weighted by atomic mass is 9.59.